The highest BCUT2D eigenvalue weighted by molar-refractivity contribution is 5.85. The normalized spacial score (nSPS) is 11.4. The number of hydrogen-bond donors (Lipinski definition) is 2. The summed E-state index contributed by atoms with van der Waals surface area (Å²) in [5.41, 5.74) is 7.91. The highest BCUT2D eigenvalue weighted by atomic mass is 35.5. The van der Waals surface area contributed by atoms with E-state index >= 15 is 0 Å². The van der Waals surface area contributed by atoms with E-state index in [0.29, 0.717) is 12.2 Å². The van der Waals surface area contributed by atoms with E-state index in [1.807, 2.05) is 6.92 Å². The van der Waals surface area contributed by atoms with Gasteiger partial charge in [0.15, 0.2) is 0 Å². The first-order chi connectivity index (χ1) is 7.04. The maximum absolute atomic E-state index is 9.29. The minimum Gasteiger partial charge on any atom is -0.508 e. The van der Waals surface area contributed by atoms with Gasteiger partial charge in [-0.25, -0.2) is 0 Å². The molecule has 0 saturated heterocycles. The fraction of sp³-hybridized carbons (Fsp3) is 0.333. The molecule has 1 aromatic carbocycles. The molecule has 0 saturated carbocycles. The Morgan fingerprint density at radius 2 is 2.19 bits per heavy atom. The van der Waals surface area contributed by atoms with Crippen LogP contribution in [0.4, 0.5) is 0 Å². The average Bonchev–Trinajstić information content (AvgIpc) is 2.16. The molecule has 0 aliphatic heterocycles. The lowest BCUT2D eigenvalue weighted by atomic mass is 10.0. The van der Waals surface area contributed by atoms with Crippen molar-refractivity contribution in [1.29, 1.82) is 0 Å². The number of ether oxygens (including phenoxy) is 1. The molecule has 0 aromatic heterocycles. The van der Waals surface area contributed by atoms with Crippen molar-refractivity contribution in [2.45, 2.75) is 19.4 Å². The van der Waals surface area contributed by atoms with Crippen molar-refractivity contribution in [2.24, 2.45) is 5.73 Å². The fourth-order valence-corrected chi connectivity index (χ4v) is 1.49. The van der Waals surface area contributed by atoms with Gasteiger partial charge < -0.3 is 15.6 Å². The molecule has 0 heterocycles. The predicted molar refractivity (Wildman–Crippen MR) is 68.3 cm³/mol. The number of halogens is 1. The van der Waals surface area contributed by atoms with Crippen LogP contribution in [0, 0.1) is 0 Å². The van der Waals surface area contributed by atoms with Gasteiger partial charge in [-0.3, -0.25) is 0 Å². The molecule has 3 N–H and O–H groups in total. The molecule has 90 valence electrons. The number of rotatable bonds is 4. The Morgan fingerprint density at radius 3 is 2.69 bits per heavy atom. The van der Waals surface area contributed by atoms with Crippen molar-refractivity contribution in [1.82, 2.24) is 0 Å². The Morgan fingerprint density at radius 1 is 1.56 bits per heavy atom. The number of nitrogens with two attached hydrogens (primary N) is 1. The molecule has 0 radical (unpaired) electrons. The Bertz CT molecular complexity index is 366. The average molecular weight is 244 g/mol. The molecule has 0 aliphatic carbocycles. The van der Waals surface area contributed by atoms with Crippen molar-refractivity contribution < 1.29 is 9.84 Å². The first-order valence-electron chi connectivity index (χ1n) is 4.81. The van der Waals surface area contributed by atoms with Gasteiger partial charge in [-0.05, 0) is 19.4 Å². The smallest absolute Gasteiger partial charge is 0.127 e. The molecule has 0 unspecified atom stereocenters. The van der Waals surface area contributed by atoms with E-state index in [1.165, 1.54) is 0 Å². The lowest BCUT2D eigenvalue weighted by Crippen LogP contribution is -2.11. The summed E-state index contributed by atoms with van der Waals surface area (Å²) in [6.07, 6.45) is 0.709. The highest BCUT2D eigenvalue weighted by Gasteiger charge is 2.12. The van der Waals surface area contributed by atoms with Gasteiger partial charge in [0.2, 0.25) is 0 Å². The summed E-state index contributed by atoms with van der Waals surface area (Å²) < 4.78 is 5.16. The number of aromatic hydroxyl groups is 1. The molecule has 0 fully saturated rings. The number of hydrogen-bond acceptors (Lipinski definition) is 3. The summed E-state index contributed by atoms with van der Waals surface area (Å²) >= 11 is 0. The molecule has 0 amide bonds. The van der Waals surface area contributed by atoms with Gasteiger partial charge in [-0.1, -0.05) is 11.6 Å². The second-order valence-corrected chi connectivity index (χ2v) is 3.69. The van der Waals surface area contributed by atoms with Gasteiger partial charge in [0.25, 0.3) is 0 Å². The molecular weight excluding hydrogens is 226 g/mol. The zero-order chi connectivity index (χ0) is 11.4. The molecular formula is C12H18ClNO2. The number of phenolic OH excluding ortho intramolecular Hbond substituents is 1. The molecule has 0 spiro atoms. The molecule has 1 aromatic rings. The summed E-state index contributed by atoms with van der Waals surface area (Å²) in [4.78, 5) is 0. The third-order valence-electron chi connectivity index (χ3n) is 2.18. The number of methoxy groups -OCH3 is 1. The van der Waals surface area contributed by atoms with Gasteiger partial charge in [0, 0.05) is 17.7 Å². The summed E-state index contributed by atoms with van der Waals surface area (Å²) in [5, 5.41) is 9.29. The standard InChI is InChI=1S/C12H17NO2.ClH/c1-8(2)6-11(13)10-5-4-9(14)7-12(10)15-3;/h4-5,7,11,14H,1,6,13H2,2-3H3;1H/t11-;/m0./s1. The van der Waals surface area contributed by atoms with Crippen molar-refractivity contribution in [2.75, 3.05) is 7.11 Å². The fourth-order valence-electron chi connectivity index (χ4n) is 1.49. The van der Waals surface area contributed by atoms with Crippen molar-refractivity contribution in [3.8, 4) is 11.5 Å². The molecule has 4 heteroatoms. The van der Waals surface area contributed by atoms with Crippen LogP contribution in [-0.2, 0) is 0 Å². The van der Waals surface area contributed by atoms with Crippen molar-refractivity contribution in [3.05, 3.63) is 35.9 Å². The predicted octanol–water partition coefficient (Wildman–Crippen LogP) is 2.79. The summed E-state index contributed by atoms with van der Waals surface area (Å²) in [6.45, 7) is 5.76. The Balaban J connectivity index is 0.00000225. The lowest BCUT2D eigenvalue weighted by Gasteiger charge is -2.15. The van der Waals surface area contributed by atoms with Crippen LogP contribution >= 0.6 is 12.4 Å². The molecule has 1 atom stereocenters. The first kappa shape index (κ1) is 14.8. The van der Waals surface area contributed by atoms with E-state index in [9.17, 15) is 5.11 Å². The third-order valence-corrected chi connectivity index (χ3v) is 2.18. The topological polar surface area (TPSA) is 55.5 Å². The van der Waals surface area contributed by atoms with E-state index in [0.717, 1.165) is 11.1 Å². The molecule has 16 heavy (non-hydrogen) atoms. The van der Waals surface area contributed by atoms with Gasteiger partial charge in [-0.2, -0.15) is 0 Å². The third kappa shape index (κ3) is 3.76. The maximum atomic E-state index is 9.29. The van der Waals surface area contributed by atoms with E-state index in [4.69, 9.17) is 10.5 Å². The second kappa shape index (κ2) is 6.40. The van der Waals surface area contributed by atoms with Crippen LogP contribution in [0.25, 0.3) is 0 Å². The zero-order valence-corrected chi connectivity index (χ0v) is 10.4. The van der Waals surface area contributed by atoms with Crippen molar-refractivity contribution in [3.63, 3.8) is 0 Å². The minimum atomic E-state index is -0.141. The lowest BCUT2D eigenvalue weighted by molar-refractivity contribution is 0.398. The van der Waals surface area contributed by atoms with Crippen LogP contribution in [0.15, 0.2) is 30.4 Å². The maximum Gasteiger partial charge on any atom is 0.127 e. The summed E-state index contributed by atoms with van der Waals surface area (Å²) in [7, 11) is 1.56. The SMILES string of the molecule is C=C(C)C[C@H](N)c1ccc(O)cc1OC.Cl. The van der Waals surface area contributed by atoms with Crippen LogP contribution in [0.2, 0.25) is 0 Å². The van der Waals surface area contributed by atoms with Crippen molar-refractivity contribution >= 4 is 12.4 Å². The largest absolute Gasteiger partial charge is 0.508 e. The van der Waals surface area contributed by atoms with Gasteiger partial charge in [-0.15, -0.1) is 19.0 Å². The van der Waals surface area contributed by atoms with E-state index in [1.54, 1.807) is 25.3 Å². The molecule has 0 bridgehead atoms. The monoisotopic (exact) mass is 243 g/mol. The van der Waals surface area contributed by atoms with Crippen LogP contribution in [-0.4, -0.2) is 12.2 Å². The number of benzene rings is 1. The summed E-state index contributed by atoms with van der Waals surface area (Å²) in [6, 6.07) is 4.81. The molecule has 0 aliphatic rings. The van der Waals surface area contributed by atoms with Crippen LogP contribution < -0.4 is 10.5 Å². The van der Waals surface area contributed by atoms with Crippen LogP contribution in [0.5, 0.6) is 11.5 Å². The Labute approximate surface area is 102 Å². The molecule has 3 nitrogen and oxygen atoms in total. The van der Waals surface area contributed by atoms with Gasteiger partial charge in [0.1, 0.15) is 11.5 Å². The van der Waals surface area contributed by atoms with E-state index in [2.05, 4.69) is 6.58 Å². The Kier molecular flexibility index (Phi) is 5.93. The van der Waals surface area contributed by atoms with E-state index < -0.39 is 0 Å². The minimum absolute atomic E-state index is 0. The quantitative estimate of drug-likeness (QED) is 0.800. The van der Waals surface area contributed by atoms with E-state index in [-0.39, 0.29) is 24.2 Å². The van der Waals surface area contributed by atoms with Gasteiger partial charge >= 0.3 is 0 Å². The molecule has 1 rings (SSSR count). The first-order valence-corrected chi connectivity index (χ1v) is 4.81. The zero-order valence-electron chi connectivity index (χ0n) is 9.56. The Hall–Kier alpha value is -1.19. The van der Waals surface area contributed by atoms with Gasteiger partial charge in [0.05, 0.1) is 7.11 Å². The highest BCUT2D eigenvalue weighted by Crippen LogP contribution is 2.30. The second-order valence-electron chi connectivity index (χ2n) is 3.69. The van der Waals surface area contributed by atoms with Crippen LogP contribution in [0.1, 0.15) is 24.9 Å². The summed E-state index contributed by atoms with van der Waals surface area (Å²) in [5.74, 6) is 0.793. The van der Waals surface area contributed by atoms with Crippen LogP contribution in [0.3, 0.4) is 0 Å². The number of phenols is 1.